The van der Waals surface area contributed by atoms with Gasteiger partial charge in [0.1, 0.15) is 17.7 Å². The molecule has 3 rings (SSSR count). The van der Waals surface area contributed by atoms with Crippen LogP contribution in [0.1, 0.15) is 11.8 Å². The number of allylic oxidation sites excluding steroid dienone is 2. The fourth-order valence-corrected chi connectivity index (χ4v) is 3.35. The molecule has 0 bridgehead atoms. The zero-order valence-electron chi connectivity index (χ0n) is 13.5. The van der Waals surface area contributed by atoms with E-state index in [-0.39, 0.29) is 5.57 Å². The molecular formula is C20H14N4S. The molecule has 0 aliphatic carbocycles. The van der Waals surface area contributed by atoms with Crippen LogP contribution in [0.5, 0.6) is 0 Å². The molecule has 0 fully saturated rings. The number of rotatable bonds is 4. The summed E-state index contributed by atoms with van der Waals surface area (Å²) < 4.78 is 0. The van der Waals surface area contributed by atoms with Crippen molar-refractivity contribution in [2.45, 2.75) is 6.92 Å². The van der Waals surface area contributed by atoms with E-state index < -0.39 is 0 Å². The number of benzene rings is 2. The van der Waals surface area contributed by atoms with Crippen molar-refractivity contribution in [3.8, 4) is 12.1 Å². The Kier molecular flexibility index (Phi) is 4.89. The standard InChI is InChI=1S/C20H14N4S/c1-15(16(12-21)13-22)19-14-23-20(25-19)24(17-8-4-2-5-9-17)18-10-6-3-7-11-18/h2-11,14H,1H3. The van der Waals surface area contributed by atoms with E-state index in [2.05, 4.69) is 9.88 Å². The second-order valence-electron chi connectivity index (χ2n) is 5.24. The van der Waals surface area contributed by atoms with Crippen LogP contribution in [0.4, 0.5) is 16.5 Å². The summed E-state index contributed by atoms with van der Waals surface area (Å²) in [4.78, 5) is 7.40. The van der Waals surface area contributed by atoms with Gasteiger partial charge in [-0.15, -0.1) is 0 Å². The van der Waals surface area contributed by atoms with Crippen molar-refractivity contribution in [2.75, 3.05) is 4.90 Å². The molecule has 0 aliphatic heterocycles. The van der Waals surface area contributed by atoms with Crippen LogP contribution in [0.2, 0.25) is 0 Å². The molecule has 0 unspecified atom stereocenters. The van der Waals surface area contributed by atoms with E-state index >= 15 is 0 Å². The first kappa shape index (κ1) is 16.4. The number of para-hydroxylation sites is 2. The normalized spacial score (nSPS) is 9.72. The Bertz CT molecular complexity index is 920. The highest BCUT2D eigenvalue weighted by molar-refractivity contribution is 7.16. The third kappa shape index (κ3) is 3.42. The maximum Gasteiger partial charge on any atom is 0.195 e. The van der Waals surface area contributed by atoms with E-state index in [9.17, 15) is 0 Å². The third-order valence-electron chi connectivity index (χ3n) is 3.68. The summed E-state index contributed by atoms with van der Waals surface area (Å²) >= 11 is 1.45. The van der Waals surface area contributed by atoms with Crippen molar-refractivity contribution in [1.29, 1.82) is 10.5 Å². The van der Waals surface area contributed by atoms with Crippen LogP contribution in [0.3, 0.4) is 0 Å². The lowest BCUT2D eigenvalue weighted by Crippen LogP contribution is -2.08. The number of thiazole rings is 1. The Morgan fingerprint density at radius 2 is 1.44 bits per heavy atom. The Balaban J connectivity index is 2.10. The molecule has 4 nitrogen and oxygen atoms in total. The highest BCUT2D eigenvalue weighted by Gasteiger charge is 2.17. The number of hydrogen-bond donors (Lipinski definition) is 0. The van der Waals surface area contributed by atoms with E-state index in [1.807, 2.05) is 72.8 Å². The van der Waals surface area contributed by atoms with Crippen molar-refractivity contribution in [3.63, 3.8) is 0 Å². The van der Waals surface area contributed by atoms with Gasteiger partial charge in [-0.3, -0.25) is 4.90 Å². The van der Waals surface area contributed by atoms with Gasteiger partial charge in [-0.1, -0.05) is 47.7 Å². The van der Waals surface area contributed by atoms with E-state index in [0.717, 1.165) is 21.4 Å². The zero-order chi connectivity index (χ0) is 17.6. The molecule has 25 heavy (non-hydrogen) atoms. The van der Waals surface area contributed by atoms with Gasteiger partial charge < -0.3 is 0 Å². The SMILES string of the molecule is CC(=C(C#N)C#N)c1cnc(N(c2ccccc2)c2ccccc2)s1. The van der Waals surface area contributed by atoms with Crippen LogP contribution in [0.15, 0.2) is 72.4 Å². The van der Waals surface area contributed by atoms with E-state index in [1.165, 1.54) is 11.3 Å². The second-order valence-corrected chi connectivity index (χ2v) is 6.25. The molecule has 5 heteroatoms. The third-order valence-corrected chi connectivity index (χ3v) is 4.78. The average molecular weight is 342 g/mol. The van der Waals surface area contributed by atoms with Gasteiger partial charge >= 0.3 is 0 Å². The monoisotopic (exact) mass is 342 g/mol. The lowest BCUT2D eigenvalue weighted by Gasteiger charge is -2.22. The van der Waals surface area contributed by atoms with Crippen LogP contribution in [0.25, 0.3) is 5.57 Å². The largest absolute Gasteiger partial charge is 0.286 e. The predicted octanol–water partition coefficient (Wildman–Crippen LogP) is 5.43. The van der Waals surface area contributed by atoms with Crippen LogP contribution in [-0.4, -0.2) is 4.98 Å². The van der Waals surface area contributed by atoms with Gasteiger partial charge in [0, 0.05) is 17.6 Å². The zero-order valence-corrected chi connectivity index (χ0v) is 14.4. The molecule has 0 aliphatic rings. The number of aromatic nitrogens is 1. The predicted molar refractivity (Wildman–Crippen MR) is 101 cm³/mol. The second kappa shape index (κ2) is 7.44. The van der Waals surface area contributed by atoms with Crippen LogP contribution in [-0.2, 0) is 0 Å². The summed E-state index contributed by atoms with van der Waals surface area (Å²) in [5.74, 6) is 0. The number of anilines is 3. The fourth-order valence-electron chi connectivity index (χ4n) is 2.38. The first-order valence-electron chi connectivity index (χ1n) is 7.62. The molecule has 0 N–H and O–H groups in total. The lowest BCUT2D eigenvalue weighted by molar-refractivity contribution is 1.23. The van der Waals surface area contributed by atoms with Crippen molar-refractivity contribution < 1.29 is 0 Å². The van der Waals surface area contributed by atoms with Gasteiger partial charge in [0.25, 0.3) is 0 Å². The van der Waals surface area contributed by atoms with Crippen molar-refractivity contribution in [3.05, 3.63) is 77.3 Å². The Hall–Kier alpha value is -3.41. The molecule has 3 aromatic rings. The summed E-state index contributed by atoms with van der Waals surface area (Å²) in [6.45, 7) is 1.77. The molecule has 0 saturated heterocycles. The van der Waals surface area contributed by atoms with E-state index in [0.29, 0.717) is 5.57 Å². The molecule has 0 saturated carbocycles. The minimum atomic E-state index is 0.112. The fraction of sp³-hybridized carbons (Fsp3) is 0.0500. The molecule has 0 amide bonds. The summed E-state index contributed by atoms with van der Waals surface area (Å²) in [5.41, 5.74) is 2.75. The van der Waals surface area contributed by atoms with E-state index in [1.54, 1.807) is 13.1 Å². The average Bonchev–Trinajstić information content (AvgIpc) is 3.14. The first-order chi connectivity index (χ1) is 12.2. The quantitative estimate of drug-likeness (QED) is 0.593. The summed E-state index contributed by atoms with van der Waals surface area (Å²) in [6, 6.07) is 23.8. The molecule has 1 heterocycles. The molecule has 0 atom stereocenters. The van der Waals surface area contributed by atoms with Gasteiger partial charge in [0.2, 0.25) is 0 Å². The first-order valence-corrected chi connectivity index (χ1v) is 8.43. The number of nitrogens with zero attached hydrogens (tertiary/aromatic N) is 4. The molecule has 0 spiro atoms. The smallest absolute Gasteiger partial charge is 0.195 e. The number of hydrogen-bond acceptors (Lipinski definition) is 5. The maximum absolute atomic E-state index is 9.07. The molecular weight excluding hydrogens is 328 g/mol. The lowest BCUT2D eigenvalue weighted by atomic mass is 10.1. The van der Waals surface area contributed by atoms with Gasteiger partial charge in [0.05, 0.1) is 4.88 Å². The van der Waals surface area contributed by atoms with Crippen LogP contribution in [0, 0.1) is 22.7 Å². The Labute approximate surface area is 150 Å². The molecule has 2 aromatic carbocycles. The minimum Gasteiger partial charge on any atom is -0.286 e. The van der Waals surface area contributed by atoms with E-state index in [4.69, 9.17) is 10.5 Å². The van der Waals surface area contributed by atoms with Gasteiger partial charge in [0.15, 0.2) is 5.13 Å². The summed E-state index contributed by atoms with van der Waals surface area (Å²) in [5, 5.41) is 18.9. The molecule has 120 valence electrons. The van der Waals surface area contributed by atoms with Gasteiger partial charge in [-0.25, -0.2) is 4.98 Å². The van der Waals surface area contributed by atoms with Crippen LogP contribution < -0.4 is 4.90 Å². The Morgan fingerprint density at radius 1 is 0.920 bits per heavy atom. The van der Waals surface area contributed by atoms with Crippen molar-refractivity contribution in [2.24, 2.45) is 0 Å². The molecule has 0 radical (unpaired) electrons. The summed E-state index contributed by atoms with van der Waals surface area (Å²) in [6.07, 6.45) is 1.71. The van der Waals surface area contributed by atoms with Crippen LogP contribution >= 0.6 is 11.3 Å². The Morgan fingerprint density at radius 3 is 1.92 bits per heavy atom. The van der Waals surface area contributed by atoms with Crippen molar-refractivity contribution >= 4 is 33.4 Å². The van der Waals surface area contributed by atoms with Gasteiger partial charge in [-0.05, 0) is 36.8 Å². The highest BCUT2D eigenvalue weighted by atomic mass is 32.1. The minimum absolute atomic E-state index is 0.112. The molecule has 1 aromatic heterocycles. The van der Waals surface area contributed by atoms with Gasteiger partial charge in [-0.2, -0.15) is 10.5 Å². The maximum atomic E-state index is 9.07. The topological polar surface area (TPSA) is 63.7 Å². The highest BCUT2D eigenvalue weighted by Crippen LogP contribution is 2.38. The number of nitriles is 2. The summed E-state index contributed by atoms with van der Waals surface area (Å²) in [7, 11) is 0. The van der Waals surface area contributed by atoms with Crippen molar-refractivity contribution in [1.82, 2.24) is 4.98 Å².